The average Bonchev–Trinajstić information content (AvgIpc) is 3.30. The summed E-state index contributed by atoms with van der Waals surface area (Å²) in [6.45, 7) is 1.92. The second-order valence-corrected chi connectivity index (χ2v) is 9.38. The maximum atomic E-state index is 13.7. The highest BCUT2D eigenvalue weighted by atomic mass is 32.2. The van der Waals surface area contributed by atoms with Gasteiger partial charge in [0.2, 0.25) is 0 Å². The molecule has 1 unspecified atom stereocenters. The summed E-state index contributed by atoms with van der Waals surface area (Å²) in [6.07, 6.45) is 1.87. The zero-order chi connectivity index (χ0) is 23.6. The molecule has 0 spiro atoms. The summed E-state index contributed by atoms with van der Waals surface area (Å²) in [5.41, 5.74) is 6.19. The van der Waals surface area contributed by atoms with Gasteiger partial charge in [-0.2, -0.15) is 0 Å². The Labute approximate surface area is 194 Å². The van der Waals surface area contributed by atoms with Gasteiger partial charge in [0.25, 0.3) is 10.0 Å². The standard InChI is InChI=1S/C25H26N2O5S/c1-17-9-12-19(13-10-17)33(28,29)27-22(20-7-5-6-8-23(20)30-2)16-21(26-27)18-11-14-24(31-3)25(15-18)32-4/h5-16,22,26H,1-4H3. The molecule has 3 aromatic carbocycles. The van der Waals surface area contributed by atoms with Gasteiger partial charge in [0.15, 0.2) is 11.5 Å². The van der Waals surface area contributed by atoms with Crippen molar-refractivity contribution < 1.29 is 22.6 Å². The molecule has 0 radical (unpaired) electrons. The van der Waals surface area contributed by atoms with Crippen molar-refractivity contribution in [1.82, 2.24) is 9.84 Å². The molecule has 0 aliphatic carbocycles. The zero-order valence-corrected chi connectivity index (χ0v) is 19.7. The van der Waals surface area contributed by atoms with E-state index in [2.05, 4.69) is 5.43 Å². The first-order chi connectivity index (χ1) is 15.9. The molecular weight excluding hydrogens is 440 g/mol. The van der Waals surface area contributed by atoms with E-state index < -0.39 is 16.1 Å². The number of hydrazine groups is 1. The van der Waals surface area contributed by atoms with E-state index in [1.807, 2.05) is 43.3 Å². The van der Waals surface area contributed by atoms with Crippen molar-refractivity contribution in [2.75, 3.05) is 21.3 Å². The number of benzene rings is 3. The van der Waals surface area contributed by atoms with E-state index in [1.54, 1.807) is 57.7 Å². The first-order valence-corrected chi connectivity index (χ1v) is 11.8. The van der Waals surface area contributed by atoms with E-state index in [-0.39, 0.29) is 4.90 Å². The predicted molar refractivity (Wildman–Crippen MR) is 127 cm³/mol. The Morgan fingerprint density at radius 2 is 1.48 bits per heavy atom. The molecule has 0 saturated carbocycles. The fourth-order valence-electron chi connectivity index (χ4n) is 3.78. The van der Waals surface area contributed by atoms with Crippen LogP contribution in [0, 0.1) is 6.92 Å². The molecule has 0 bridgehead atoms. The van der Waals surface area contributed by atoms with Gasteiger partial charge in [-0.25, -0.2) is 8.42 Å². The fourth-order valence-corrected chi connectivity index (χ4v) is 5.17. The largest absolute Gasteiger partial charge is 0.496 e. The Balaban J connectivity index is 1.82. The topological polar surface area (TPSA) is 77.1 Å². The molecule has 0 aromatic heterocycles. The molecular formula is C25H26N2O5S. The lowest BCUT2D eigenvalue weighted by molar-refractivity contribution is 0.334. The van der Waals surface area contributed by atoms with E-state index >= 15 is 0 Å². The Morgan fingerprint density at radius 3 is 2.15 bits per heavy atom. The summed E-state index contributed by atoms with van der Waals surface area (Å²) < 4.78 is 44.9. The van der Waals surface area contributed by atoms with E-state index in [4.69, 9.17) is 14.2 Å². The first kappa shape index (κ1) is 22.7. The van der Waals surface area contributed by atoms with Crippen LogP contribution in [0.25, 0.3) is 5.70 Å². The summed E-state index contributed by atoms with van der Waals surface area (Å²) in [5, 5.41) is 0. The number of ether oxygens (including phenoxy) is 3. The molecule has 1 N–H and O–H groups in total. The summed E-state index contributed by atoms with van der Waals surface area (Å²) in [7, 11) is 0.807. The average molecular weight is 467 g/mol. The zero-order valence-electron chi connectivity index (χ0n) is 18.9. The summed E-state index contributed by atoms with van der Waals surface area (Å²) >= 11 is 0. The highest BCUT2D eigenvalue weighted by Crippen LogP contribution is 2.40. The maximum absolute atomic E-state index is 13.7. The van der Waals surface area contributed by atoms with Gasteiger partial charge in [0.05, 0.1) is 38.0 Å². The number of hydrogen-bond donors (Lipinski definition) is 1. The molecule has 1 aliphatic heterocycles. The Hall–Kier alpha value is -3.49. The minimum absolute atomic E-state index is 0.197. The molecule has 1 atom stereocenters. The number of para-hydroxylation sites is 1. The second kappa shape index (κ2) is 9.17. The number of methoxy groups -OCH3 is 3. The number of sulfonamides is 1. The van der Waals surface area contributed by atoms with Crippen molar-refractivity contribution in [2.45, 2.75) is 17.9 Å². The van der Waals surface area contributed by atoms with E-state index in [1.165, 1.54) is 4.41 Å². The minimum atomic E-state index is -3.89. The van der Waals surface area contributed by atoms with Gasteiger partial charge in [0.1, 0.15) is 5.75 Å². The Morgan fingerprint density at radius 1 is 0.818 bits per heavy atom. The molecule has 33 heavy (non-hydrogen) atoms. The lowest BCUT2D eigenvalue weighted by atomic mass is 10.0. The van der Waals surface area contributed by atoms with Gasteiger partial charge >= 0.3 is 0 Å². The van der Waals surface area contributed by atoms with Gasteiger partial charge in [-0.3, -0.25) is 0 Å². The molecule has 7 nitrogen and oxygen atoms in total. The lowest BCUT2D eigenvalue weighted by Gasteiger charge is -2.26. The maximum Gasteiger partial charge on any atom is 0.260 e. The quantitative estimate of drug-likeness (QED) is 0.559. The van der Waals surface area contributed by atoms with Crippen LogP contribution in [0.1, 0.15) is 22.7 Å². The highest BCUT2D eigenvalue weighted by Gasteiger charge is 2.38. The summed E-state index contributed by atoms with van der Waals surface area (Å²) in [6, 6.07) is 19.0. The van der Waals surface area contributed by atoms with Crippen LogP contribution in [0.15, 0.2) is 77.7 Å². The highest BCUT2D eigenvalue weighted by molar-refractivity contribution is 7.89. The predicted octanol–water partition coefficient (Wildman–Crippen LogP) is 4.31. The third-order valence-electron chi connectivity index (χ3n) is 5.54. The number of hydrogen-bond acceptors (Lipinski definition) is 6. The number of nitrogens with zero attached hydrogens (tertiary/aromatic N) is 1. The van der Waals surface area contributed by atoms with E-state index in [0.717, 1.165) is 16.7 Å². The van der Waals surface area contributed by atoms with Crippen molar-refractivity contribution in [3.05, 3.63) is 89.5 Å². The van der Waals surface area contributed by atoms with E-state index in [0.29, 0.717) is 22.9 Å². The molecule has 172 valence electrons. The third-order valence-corrected chi connectivity index (χ3v) is 7.24. The van der Waals surface area contributed by atoms with Crippen molar-refractivity contribution in [1.29, 1.82) is 0 Å². The molecule has 0 amide bonds. The van der Waals surface area contributed by atoms with Crippen LogP contribution in [0.4, 0.5) is 0 Å². The Bertz CT molecular complexity index is 1290. The molecule has 0 fully saturated rings. The van der Waals surface area contributed by atoms with Crippen LogP contribution in [0.5, 0.6) is 17.2 Å². The number of aryl methyl sites for hydroxylation is 1. The Kier molecular flexibility index (Phi) is 6.31. The van der Waals surface area contributed by atoms with Gasteiger partial charge in [-0.05, 0) is 49.4 Å². The van der Waals surface area contributed by atoms with Crippen molar-refractivity contribution in [2.24, 2.45) is 0 Å². The van der Waals surface area contributed by atoms with Crippen LogP contribution in [0.3, 0.4) is 0 Å². The minimum Gasteiger partial charge on any atom is -0.496 e. The SMILES string of the molecule is COc1ccc(C2=CC(c3ccccc3OC)N(S(=O)(=O)c3ccc(C)cc3)N2)cc1OC. The van der Waals surface area contributed by atoms with Crippen molar-refractivity contribution >= 4 is 15.7 Å². The smallest absolute Gasteiger partial charge is 0.260 e. The van der Waals surface area contributed by atoms with Crippen LogP contribution in [-0.2, 0) is 10.0 Å². The van der Waals surface area contributed by atoms with Crippen molar-refractivity contribution in [3.63, 3.8) is 0 Å². The number of nitrogens with one attached hydrogen (secondary N) is 1. The molecule has 8 heteroatoms. The van der Waals surface area contributed by atoms with Crippen molar-refractivity contribution in [3.8, 4) is 17.2 Å². The summed E-state index contributed by atoms with van der Waals surface area (Å²) in [5.74, 6) is 1.73. The first-order valence-electron chi connectivity index (χ1n) is 10.3. The third kappa shape index (κ3) is 4.27. The molecule has 1 aliphatic rings. The van der Waals surface area contributed by atoms with Gasteiger partial charge in [-0.1, -0.05) is 35.9 Å². The molecule has 3 aromatic rings. The van der Waals surface area contributed by atoms with Gasteiger partial charge in [0, 0.05) is 11.1 Å². The van der Waals surface area contributed by atoms with Gasteiger partial charge in [-0.15, -0.1) is 4.41 Å². The lowest BCUT2D eigenvalue weighted by Crippen LogP contribution is -2.39. The van der Waals surface area contributed by atoms with Gasteiger partial charge < -0.3 is 19.6 Å². The van der Waals surface area contributed by atoms with E-state index in [9.17, 15) is 8.42 Å². The monoisotopic (exact) mass is 466 g/mol. The molecule has 1 heterocycles. The van der Waals surface area contributed by atoms with Crippen LogP contribution in [-0.4, -0.2) is 34.2 Å². The van der Waals surface area contributed by atoms with Crippen LogP contribution < -0.4 is 19.6 Å². The van der Waals surface area contributed by atoms with Crippen LogP contribution in [0.2, 0.25) is 0 Å². The normalized spacial score (nSPS) is 16.1. The molecule has 0 saturated heterocycles. The fraction of sp³-hybridized carbons (Fsp3) is 0.200. The number of rotatable bonds is 7. The molecule has 4 rings (SSSR count). The second-order valence-electron chi connectivity index (χ2n) is 7.56. The van der Waals surface area contributed by atoms with Crippen LogP contribution >= 0.6 is 0 Å². The summed E-state index contributed by atoms with van der Waals surface area (Å²) in [4.78, 5) is 0.197.